The van der Waals surface area contributed by atoms with Gasteiger partial charge in [-0.15, -0.1) is 0 Å². The molecule has 0 radical (unpaired) electrons. The Labute approximate surface area is 166 Å². The van der Waals surface area contributed by atoms with Gasteiger partial charge in [-0.2, -0.15) is 0 Å². The first kappa shape index (κ1) is 18.4. The van der Waals surface area contributed by atoms with E-state index in [-0.39, 0.29) is 11.0 Å². The van der Waals surface area contributed by atoms with Gasteiger partial charge in [0.25, 0.3) is 5.91 Å². The molecule has 0 aliphatic rings. The van der Waals surface area contributed by atoms with E-state index in [2.05, 4.69) is 26.6 Å². The van der Waals surface area contributed by atoms with Crippen LogP contribution in [0.1, 0.15) is 10.4 Å². The van der Waals surface area contributed by atoms with Crippen molar-refractivity contribution in [1.29, 1.82) is 0 Å². The van der Waals surface area contributed by atoms with Gasteiger partial charge in [0.15, 0.2) is 5.11 Å². The van der Waals surface area contributed by atoms with E-state index in [0.717, 1.165) is 26.6 Å². The first-order chi connectivity index (χ1) is 12.5. The molecular formula is C20H18BrN3OS. The van der Waals surface area contributed by atoms with Gasteiger partial charge in [-0.1, -0.05) is 40.2 Å². The lowest BCUT2D eigenvalue weighted by atomic mass is 10.0. The highest BCUT2D eigenvalue weighted by Gasteiger charge is 2.12. The summed E-state index contributed by atoms with van der Waals surface area (Å²) in [6, 6.07) is 19.2. The van der Waals surface area contributed by atoms with Crippen molar-refractivity contribution < 1.29 is 4.79 Å². The summed E-state index contributed by atoms with van der Waals surface area (Å²) in [5, 5.41) is 7.91. The minimum Gasteiger partial charge on any atom is -0.378 e. The second-order valence-electron chi connectivity index (χ2n) is 5.99. The van der Waals surface area contributed by atoms with Crippen LogP contribution >= 0.6 is 28.1 Å². The van der Waals surface area contributed by atoms with E-state index >= 15 is 0 Å². The molecule has 6 heteroatoms. The number of carbonyl (C=O) groups is 1. The van der Waals surface area contributed by atoms with E-state index in [1.807, 2.05) is 73.6 Å². The summed E-state index contributed by atoms with van der Waals surface area (Å²) in [4.78, 5) is 14.7. The normalized spacial score (nSPS) is 10.4. The van der Waals surface area contributed by atoms with E-state index in [0.29, 0.717) is 5.56 Å². The topological polar surface area (TPSA) is 44.4 Å². The molecule has 1 amide bonds. The van der Waals surface area contributed by atoms with Crippen LogP contribution in [0.3, 0.4) is 0 Å². The van der Waals surface area contributed by atoms with Gasteiger partial charge in [-0.05, 0) is 59.4 Å². The average molecular weight is 428 g/mol. The number of nitrogens with one attached hydrogen (secondary N) is 2. The zero-order chi connectivity index (χ0) is 18.7. The molecule has 132 valence electrons. The summed E-state index contributed by atoms with van der Waals surface area (Å²) in [5.41, 5.74) is 2.49. The van der Waals surface area contributed by atoms with Gasteiger partial charge in [0, 0.05) is 35.5 Å². The molecule has 3 aromatic rings. The molecule has 0 fully saturated rings. The van der Waals surface area contributed by atoms with Crippen LogP contribution in [-0.2, 0) is 0 Å². The first-order valence-electron chi connectivity index (χ1n) is 8.02. The van der Waals surface area contributed by atoms with Crippen molar-refractivity contribution in [2.24, 2.45) is 0 Å². The van der Waals surface area contributed by atoms with Crippen LogP contribution in [0.5, 0.6) is 0 Å². The molecule has 3 rings (SSSR count). The fourth-order valence-corrected chi connectivity index (χ4v) is 3.35. The maximum absolute atomic E-state index is 12.7. The van der Waals surface area contributed by atoms with Crippen molar-refractivity contribution in [2.45, 2.75) is 0 Å². The van der Waals surface area contributed by atoms with Crippen LogP contribution in [0, 0.1) is 0 Å². The Bertz CT molecular complexity index is 970. The number of rotatable bonds is 3. The number of fused-ring (bicyclic) bond motifs is 1. The molecule has 0 heterocycles. The summed E-state index contributed by atoms with van der Waals surface area (Å²) in [7, 11) is 3.96. The van der Waals surface area contributed by atoms with Gasteiger partial charge >= 0.3 is 0 Å². The van der Waals surface area contributed by atoms with Crippen molar-refractivity contribution in [2.75, 3.05) is 24.3 Å². The lowest BCUT2D eigenvalue weighted by Crippen LogP contribution is -2.34. The molecule has 0 bridgehead atoms. The Kier molecular flexibility index (Phi) is 5.54. The Morgan fingerprint density at radius 3 is 2.31 bits per heavy atom. The average Bonchev–Trinajstić information content (AvgIpc) is 2.62. The smallest absolute Gasteiger partial charge is 0.258 e. The molecule has 0 unspecified atom stereocenters. The number of anilines is 2. The highest BCUT2D eigenvalue weighted by Crippen LogP contribution is 2.26. The standard InChI is InChI=1S/C20H18BrN3OS/c1-24(2)14-11-9-13(10-12-14)22-20(26)23-19(25)17-7-3-6-16-15(17)5-4-8-18(16)21/h3-12H,1-2H3,(H2,22,23,25,26). The van der Waals surface area contributed by atoms with Crippen LogP contribution in [0.2, 0.25) is 0 Å². The number of thiocarbonyl (C=S) groups is 1. The molecule has 26 heavy (non-hydrogen) atoms. The number of hydrogen-bond donors (Lipinski definition) is 2. The largest absolute Gasteiger partial charge is 0.378 e. The molecule has 0 aromatic heterocycles. The lowest BCUT2D eigenvalue weighted by Gasteiger charge is -2.14. The van der Waals surface area contributed by atoms with Gasteiger partial charge in [-0.3, -0.25) is 10.1 Å². The van der Waals surface area contributed by atoms with Crippen molar-refractivity contribution in [1.82, 2.24) is 5.32 Å². The van der Waals surface area contributed by atoms with Gasteiger partial charge in [-0.25, -0.2) is 0 Å². The molecule has 0 spiro atoms. The summed E-state index contributed by atoms with van der Waals surface area (Å²) in [6.07, 6.45) is 0. The number of carbonyl (C=O) groups excluding carboxylic acids is 1. The zero-order valence-corrected chi connectivity index (χ0v) is 16.8. The molecule has 0 aliphatic heterocycles. The lowest BCUT2D eigenvalue weighted by molar-refractivity contribution is 0.0979. The number of nitrogens with zero attached hydrogens (tertiary/aromatic N) is 1. The molecule has 3 aromatic carbocycles. The fraction of sp³-hybridized carbons (Fsp3) is 0.100. The van der Waals surface area contributed by atoms with Crippen LogP contribution in [0.15, 0.2) is 65.1 Å². The number of benzene rings is 3. The monoisotopic (exact) mass is 427 g/mol. The molecular weight excluding hydrogens is 410 g/mol. The second-order valence-corrected chi connectivity index (χ2v) is 7.25. The number of halogens is 1. The quantitative estimate of drug-likeness (QED) is 0.589. The van der Waals surface area contributed by atoms with Crippen molar-refractivity contribution in [3.63, 3.8) is 0 Å². The Morgan fingerprint density at radius 1 is 0.962 bits per heavy atom. The maximum atomic E-state index is 12.7. The van der Waals surface area contributed by atoms with Gasteiger partial charge in [0.05, 0.1) is 0 Å². The highest BCUT2D eigenvalue weighted by atomic mass is 79.9. The molecule has 0 atom stereocenters. The molecule has 0 aliphatic carbocycles. The van der Waals surface area contributed by atoms with E-state index in [4.69, 9.17) is 12.2 Å². The summed E-state index contributed by atoms with van der Waals surface area (Å²) >= 11 is 8.80. The summed E-state index contributed by atoms with van der Waals surface area (Å²) in [6.45, 7) is 0. The van der Waals surface area contributed by atoms with Crippen LogP contribution in [0.25, 0.3) is 10.8 Å². The molecule has 2 N–H and O–H groups in total. The minimum atomic E-state index is -0.240. The van der Waals surface area contributed by atoms with Crippen molar-refractivity contribution >= 4 is 61.3 Å². The number of hydrogen-bond acceptors (Lipinski definition) is 3. The van der Waals surface area contributed by atoms with Crippen LogP contribution in [-0.4, -0.2) is 25.1 Å². The van der Waals surface area contributed by atoms with Crippen molar-refractivity contribution in [3.8, 4) is 0 Å². The Hall–Kier alpha value is -2.44. The Balaban J connectivity index is 1.74. The van der Waals surface area contributed by atoms with Gasteiger partial charge in [0.1, 0.15) is 0 Å². The van der Waals surface area contributed by atoms with Crippen LogP contribution in [0.4, 0.5) is 11.4 Å². The van der Waals surface area contributed by atoms with E-state index in [9.17, 15) is 4.79 Å². The van der Waals surface area contributed by atoms with Gasteiger partial charge in [0.2, 0.25) is 0 Å². The summed E-state index contributed by atoms with van der Waals surface area (Å²) in [5.74, 6) is -0.240. The van der Waals surface area contributed by atoms with Crippen molar-refractivity contribution in [3.05, 3.63) is 70.7 Å². The summed E-state index contributed by atoms with van der Waals surface area (Å²) < 4.78 is 0.950. The van der Waals surface area contributed by atoms with Crippen LogP contribution < -0.4 is 15.5 Å². The van der Waals surface area contributed by atoms with E-state index in [1.54, 1.807) is 6.07 Å². The molecule has 4 nitrogen and oxygen atoms in total. The third-order valence-electron chi connectivity index (χ3n) is 3.98. The third-order valence-corrected chi connectivity index (χ3v) is 4.88. The highest BCUT2D eigenvalue weighted by molar-refractivity contribution is 9.10. The Morgan fingerprint density at radius 2 is 1.62 bits per heavy atom. The fourth-order valence-electron chi connectivity index (χ4n) is 2.65. The second kappa shape index (κ2) is 7.85. The SMILES string of the molecule is CN(C)c1ccc(NC(=S)NC(=O)c2cccc3c(Br)cccc23)cc1. The van der Waals surface area contributed by atoms with Gasteiger partial charge < -0.3 is 10.2 Å². The minimum absolute atomic E-state index is 0.240. The van der Waals surface area contributed by atoms with E-state index < -0.39 is 0 Å². The van der Waals surface area contributed by atoms with E-state index in [1.165, 1.54) is 0 Å². The molecule has 0 saturated carbocycles. The number of amides is 1. The maximum Gasteiger partial charge on any atom is 0.258 e. The third kappa shape index (κ3) is 4.03. The predicted octanol–water partition coefficient (Wildman–Crippen LogP) is 4.80. The zero-order valence-electron chi connectivity index (χ0n) is 14.4. The first-order valence-corrected chi connectivity index (χ1v) is 9.23. The molecule has 0 saturated heterocycles. The predicted molar refractivity (Wildman–Crippen MR) is 116 cm³/mol.